The molecule has 0 radical (unpaired) electrons. The number of nitriles is 1. The minimum Gasteiger partial charge on any atom is -0.364 e. The zero-order chi connectivity index (χ0) is 24.4. The van der Waals surface area contributed by atoms with Crippen LogP contribution in [0.1, 0.15) is 78.7 Å². The van der Waals surface area contributed by atoms with Crippen LogP contribution in [0.15, 0.2) is 34.3 Å². The predicted octanol–water partition coefficient (Wildman–Crippen LogP) is 2.48. The first kappa shape index (κ1) is 24.8. The van der Waals surface area contributed by atoms with Crippen molar-refractivity contribution in [1.82, 2.24) is 9.97 Å². The van der Waals surface area contributed by atoms with Crippen LogP contribution in [0.2, 0.25) is 0 Å². The zero-order valence-electron chi connectivity index (χ0n) is 18.5. The first-order valence-electron chi connectivity index (χ1n) is 10.7. The SMILES string of the molecule is CCS(=O)(=O)c1cc(C2CC2)cnc1C#N.CCS(=O)(=O)c1cc(C2CC2)cnc1C(N)=O. The van der Waals surface area contributed by atoms with Crippen LogP contribution in [0.4, 0.5) is 0 Å². The van der Waals surface area contributed by atoms with Crippen molar-refractivity contribution in [3.8, 4) is 6.07 Å². The molecule has 2 fully saturated rings. The Morgan fingerprint density at radius 1 is 0.939 bits per heavy atom. The average Bonchev–Trinajstić information content (AvgIpc) is 3.71. The number of aromatic nitrogens is 2. The second-order valence-corrected chi connectivity index (χ2v) is 12.6. The van der Waals surface area contributed by atoms with Crippen LogP contribution in [0, 0.1) is 11.3 Å². The van der Waals surface area contributed by atoms with Gasteiger partial charge in [0, 0.05) is 12.4 Å². The Morgan fingerprint density at radius 2 is 1.39 bits per heavy atom. The van der Waals surface area contributed by atoms with Crippen LogP contribution in [-0.2, 0) is 19.7 Å². The topological polar surface area (TPSA) is 161 Å². The summed E-state index contributed by atoms with van der Waals surface area (Å²) in [7, 11) is -6.82. The summed E-state index contributed by atoms with van der Waals surface area (Å²) in [5.41, 5.74) is 6.80. The largest absolute Gasteiger partial charge is 0.364 e. The van der Waals surface area contributed by atoms with Crippen molar-refractivity contribution >= 4 is 25.6 Å². The highest BCUT2D eigenvalue weighted by molar-refractivity contribution is 7.91. The Hall–Kier alpha value is -2.84. The molecule has 0 aliphatic heterocycles. The van der Waals surface area contributed by atoms with E-state index < -0.39 is 25.6 Å². The maximum Gasteiger partial charge on any atom is 0.268 e. The number of carbonyl (C=O) groups excluding carboxylic acids is 1. The van der Waals surface area contributed by atoms with E-state index in [1.54, 1.807) is 31.5 Å². The zero-order valence-corrected chi connectivity index (χ0v) is 20.1. The molecule has 33 heavy (non-hydrogen) atoms. The van der Waals surface area contributed by atoms with Gasteiger partial charge in [-0.3, -0.25) is 4.79 Å². The highest BCUT2D eigenvalue weighted by atomic mass is 32.2. The molecule has 0 aromatic carbocycles. The normalized spacial score (nSPS) is 15.8. The molecule has 0 atom stereocenters. The summed E-state index contributed by atoms with van der Waals surface area (Å²) in [6.45, 7) is 3.10. The third kappa shape index (κ3) is 5.75. The molecule has 0 bridgehead atoms. The molecule has 2 aliphatic carbocycles. The van der Waals surface area contributed by atoms with Crippen LogP contribution in [0.25, 0.3) is 0 Å². The second-order valence-electron chi connectivity index (χ2n) is 8.06. The van der Waals surface area contributed by atoms with Gasteiger partial charge >= 0.3 is 0 Å². The molecular weight excluding hydrogens is 464 g/mol. The number of pyridine rings is 2. The highest BCUT2D eigenvalue weighted by Crippen LogP contribution is 2.41. The van der Waals surface area contributed by atoms with Gasteiger partial charge in [-0.1, -0.05) is 13.8 Å². The number of rotatable bonds is 7. The van der Waals surface area contributed by atoms with Crippen LogP contribution in [0.5, 0.6) is 0 Å². The van der Waals surface area contributed by atoms with Crippen molar-refractivity contribution in [2.45, 2.75) is 61.2 Å². The minimum atomic E-state index is -3.47. The Balaban J connectivity index is 0.000000186. The number of nitrogens with zero attached hydrogens (tertiary/aromatic N) is 3. The number of nitrogens with two attached hydrogens (primary N) is 1. The lowest BCUT2D eigenvalue weighted by Gasteiger charge is -2.07. The Morgan fingerprint density at radius 3 is 1.82 bits per heavy atom. The number of hydrogen-bond acceptors (Lipinski definition) is 8. The van der Waals surface area contributed by atoms with E-state index in [9.17, 15) is 21.6 Å². The van der Waals surface area contributed by atoms with Crippen molar-refractivity contribution in [3.05, 3.63) is 47.0 Å². The van der Waals surface area contributed by atoms with Gasteiger partial charge in [-0.2, -0.15) is 5.26 Å². The maximum absolute atomic E-state index is 11.9. The number of primary amides is 1. The fourth-order valence-corrected chi connectivity index (χ4v) is 5.35. The summed E-state index contributed by atoms with van der Waals surface area (Å²) in [4.78, 5) is 19.1. The van der Waals surface area contributed by atoms with Crippen LogP contribution >= 0.6 is 0 Å². The molecule has 0 spiro atoms. The van der Waals surface area contributed by atoms with Crippen LogP contribution < -0.4 is 5.73 Å². The second kappa shape index (κ2) is 9.57. The summed E-state index contributed by atoms with van der Waals surface area (Å²) >= 11 is 0. The number of amides is 1. The minimum absolute atomic E-state index is 0.00250. The van der Waals surface area contributed by atoms with Crippen molar-refractivity contribution in [3.63, 3.8) is 0 Å². The van der Waals surface area contributed by atoms with Crippen LogP contribution in [-0.4, -0.2) is 44.2 Å². The highest BCUT2D eigenvalue weighted by Gasteiger charge is 2.29. The number of sulfone groups is 2. The lowest BCUT2D eigenvalue weighted by Crippen LogP contribution is -2.19. The summed E-state index contributed by atoms with van der Waals surface area (Å²) < 4.78 is 47.3. The molecule has 2 saturated carbocycles. The molecule has 2 N–H and O–H groups in total. The van der Waals surface area contributed by atoms with Gasteiger partial charge in [0.25, 0.3) is 5.91 Å². The fourth-order valence-electron chi connectivity index (χ4n) is 3.25. The number of carbonyl (C=O) groups is 1. The van der Waals surface area contributed by atoms with E-state index in [1.165, 1.54) is 6.92 Å². The van der Waals surface area contributed by atoms with E-state index in [1.807, 2.05) is 6.07 Å². The molecular formula is C22H26N4O5S2. The van der Waals surface area contributed by atoms with Gasteiger partial charge in [0.1, 0.15) is 16.7 Å². The third-order valence-corrected chi connectivity index (χ3v) is 9.10. The van der Waals surface area contributed by atoms with Gasteiger partial charge in [0.2, 0.25) is 0 Å². The Kier molecular flexibility index (Phi) is 7.19. The Labute approximate surface area is 193 Å². The van der Waals surface area contributed by atoms with Crippen molar-refractivity contribution in [1.29, 1.82) is 5.26 Å². The summed E-state index contributed by atoms with van der Waals surface area (Å²) in [6, 6.07) is 4.99. The maximum atomic E-state index is 11.9. The summed E-state index contributed by atoms with van der Waals surface area (Å²) in [5, 5.41) is 8.85. The first-order chi connectivity index (χ1) is 15.5. The molecule has 176 valence electrons. The van der Waals surface area contributed by atoms with Gasteiger partial charge in [0.15, 0.2) is 25.4 Å². The first-order valence-corrected chi connectivity index (χ1v) is 14.0. The van der Waals surface area contributed by atoms with E-state index in [2.05, 4.69) is 9.97 Å². The van der Waals surface area contributed by atoms with Gasteiger partial charge < -0.3 is 5.73 Å². The molecule has 2 aromatic rings. The van der Waals surface area contributed by atoms with Gasteiger partial charge in [0.05, 0.1) is 16.4 Å². The van der Waals surface area contributed by atoms with Crippen molar-refractivity contribution in [2.24, 2.45) is 5.73 Å². The standard InChI is InChI=1S/C11H14N2O3S.C11H12N2O2S/c1-2-17(15,16)9-5-8(7-3-4-7)6-13-10(9)11(12)14;1-2-16(14,15)11-5-9(8-3-4-8)7-13-10(11)6-12/h5-7H,2-4H2,1H3,(H2,12,14);5,7-8H,2-4H2,1H3. The molecule has 9 nitrogen and oxygen atoms in total. The van der Waals surface area contributed by atoms with Crippen molar-refractivity contribution in [2.75, 3.05) is 11.5 Å². The molecule has 1 amide bonds. The molecule has 11 heteroatoms. The lowest BCUT2D eigenvalue weighted by molar-refractivity contribution is 0.0992. The van der Waals surface area contributed by atoms with E-state index in [0.717, 1.165) is 36.8 Å². The average molecular weight is 491 g/mol. The quantitative estimate of drug-likeness (QED) is 0.619. The molecule has 2 heterocycles. The molecule has 2 aromatic heterocycles. The van der Waals surface area contributed by atoms with E-state index in [0.29, 0.717) is 11.8 Å². The Bertz CT molecular complexity index is 1320. The van der Waals surface area contributed by atoms with Gasteiger partial charge in [-0.25, -0.2) is 26.8 Å². The molecule has 0 unspecified atom stereocenters. The van der Waals surface area contributed by atoms with E-state index >= 15 is 0 Å². The molecule has 0 saturated heterocycles. The predicted molar refractivity (Wildman–Crippen MR) is 121 cm³/mol. The molecule has 4 rings (SSSR count). The van der Waals surface area contributed by atoms with Crippen LogP contribution in [0.3, 0.4) is 0 Å². The van der Waals surface area contributed by atoms with E-state index in [-0.39, 0.29) is 32.7 Å². The third-order valence-electron chi connectivity index (χ3n) is 5.61. The van der Waals surface area contributed by atoms with Gasteiger partial charge in [-0.05, 0) is 60.8 Å². The van der Waals surface area contributed by atoms with Crippen molar-refractivity contribution < 1.29 is 21.6 Å². The summed E-state index contributed by atoms with van der Waals surface area (Å²) in [6.07, 6.45) is 7.42. The van der Waals surface area contributed by atoms with E-state index in [4.69, 9.17) is 11.0 Å². The lowest BCUT2D eigenvalue weighted by atomic mass is 10.2. The summed E-state index contributed by atoms with van der Waals surface area (Å²) in [5.74, 6) is -0.0544. The number of hydrogen-bond donors (Lipinski definition) is 1. The monoisotopic (exact) mass is 490 g/mol. The smallest absolute Gasteiger partial charge is 0.268 e. The molecule has 2 aliphatic rings. The fraction of sp³-hybridized carbons (Fsp3) is 0.455. The van der Waals surface area contributed by atoms with Gasteiger partial charge in [-0.15, -0.1) is 0 Å².